The minimum Gasteiger partial charge on any atom is -0.355 e. The highest BCUT2D eigenvalue weighted by Gasteiger charge is 2.25. The number of benzene rings is 1. The molecule has 0 spiro atoms. The minimum absolute atomic E-state index is 0.160. The van der Waals surface area contributed by atoms with E-state index in [1.165, 1.54) is 11.1 Å². The topological polar surface area (TPSA) is 75.6 Å². The number of fused-ring (bicyclic) bond motifs is 2. The van der Waals surface area contributed by atoms with Crippen LogP contribution in [0.25, 0.3) is 11.0 Å². The Morgan fingerprint density at radius 3 is 2.88 bits per heavy atom. The van der Waals surface area contributed by atoms with Crippen molar-refractivity contribution in [2.45, 2.75) is 38.6 Å². The van der Waals surface area contributed by atoms with Gasteiger partial charge in [0.1, 0.15) is 5.39 Å². The first kappa shape index (κ1) is 14.9. The van der Waals surface area contributed by atoms with Crippen LogP contribution in [0.2, 0.25) is 0 Å². The highest BCUT2D eigenvalue weighted by Crippen LogP contribution is 2.34. The number of aromatic nitrogens is 4. The maximum absolute atomic E-state index is 12.3. The third-order valence-electron chi connectivity index (χ3n) is 4.55. The monoisotopic (exact) mass is 323 g/mol. The van der Waals surface area contributed by atoms with Gasteiger partial charge >= 0.3 is 0 Å². The Balaban J connectivity index is 1.60. The molecule has 2 aromatic heterocycles. The number of anilines is 1. The first-order valence-electron chi connectivity index (χ1n) is 8.24. The second-order valence-corrected chi connectivity index (χ2v) is 7.36. The van der Waals surface area contributed by atoms with Gasteiger partial charge in [0.25, 0.3) is 5.56 Å². The predicted octanol–water partition coefficient (Wildman–Crippen LogP) is 2.63. The molecule has 1 aromatic carbocycles. The molecule has 6 heteroatoms. The molecule has 1 aliphatic carbocycles. The summed E-state index contributed by atoms with van der Waals surface area (Å²) in [6, 6.07) is 8.47. The highest BCUT2D eigenvalue weighted by atomic mass is 16.1. The van der Waals surface area contributed by atoms with Crippen LogP contribution in [0.15, 0.2) is 35.3 Å². The third-order valence-corrected chi connectivity index (χ3v) is 4.55. The van der Waals surface area contributed by atoms with Crippen LogP contribution < -0.4 is 10.9 Å². The molecule has 3 aromatic rings. The molecule has 0 radical (unpaired) electrons. The lowest BCUT2D eigenvalue weighted by Crippen LogP contribution is -2.26. The smallest absolute Gasteiger partial charge is 0.263 e. The van der Waals surface area contributed by atoms with E-state index in [0.717, 1.165) is 13.0 Å². The van der Waals surface area contributed by atoms with Crippen molar-refractivity contribution in [2.24, 2.45) is 0 Å². The number of rotatable bonds is 3. The van der Waals surface area contributed by atoms with E-state index < -0.39 is 0 Å². The molecule has 0 amide bonds. The van der Waals surface area contributed by atoms with Gasteiger partial charge in [-0.1, -0.05) is 24.3 Å². The average molecular weight is 323 g/mol. The van der Waals surface area contributed by atoms with E-state index in [1.807, 2.05) is 20.8 Å². The Morgan fingerprint density at radius 1 is 1.33 bits per heavy atom. The van der Waals surface area contributed by atoms with Crippen LogP contribution in [0.5, 0.6) is 0 Å². The second kappa shape index (κ2) is 5.19. The van der Waals surface area contributed by atoms with E-state index >= 15 is 0 Å². The van der Waals surface area contributed by atoms with Crippen LogP contribution in [-0.4, -0.2) is 26.3 Å². The third kappa shape index (κ3) is 2.38. The first-order valence-corrected chi connectivity index (χ1v) is 8.24. The summed E-state index contributed by atoms with van der Waals surface area (Å²) in [4.78, 5) is 19.7. The molecule has 1 aliphatic rings. The highest BCUT2D eigenvalue weighted by molar-refractivity contribution is 5.74. The summed E-state index contributed by atoms with van der Waals surface area (Å²) >= 11 is 0. The van der Waals surface area contributed by atoms with Crippen molar-refractivity contribution in [2.75, 3.05) is 11.9 Å². The fraction of sp³-hybridized carbons (Fsp3) is 0.389. The number of H-pyrrole nitrogens is 1. The Labute approximate surface area is 139 Å². The van der Waals surface area contributed by atoms with E-state index in [9.17, 15) is 4.79 Å². The van der Waals surface area contributed by atoms with Gasteiger partial charge in [0.2, 0.25) is 5.95 Å². The Kier molecular flexibility index (Phi) is 3.23. The number of nitrogens with zero attached hydrogens (tertiary/aromatic N) is 3. The largest absolute Gasteiger partial charge is 0.355 e. The van der Waals surface area contributed by atoms with Crippen LogP contribution in [0.1, 0.15) is 37.8 Å². The summed E-state index contributed by atoms with van der Waals surface area (Å²) < 4.78 is 1.79. The Morgan fingerprint density at radius 2 is 2.12 bits per heavy atom. The van der Waals surface area contributed by atoms with Crippen molar-refractivity contribution in [3.8, 4) is 0 Å². The zero-order valence-corrected chi connectivity index (χ0v) is 14.1. The van der Waals surface area contributed by atoms with Crippen LogP contribution >= 0.6 is 0 Å². The van der Waals surface area contributed by atoms with Gasteiger partial charge in [0.05, 0.1) is 11.7 Å². The van der Waals surface area contributed by atoms with Crippen molar-refractivity contribution in [3.63, 3.8) is 0 Å². The molecule has 2 heterocycles. The number of aromatic amines is 1. The van der Waals surface area contributed by atoms with Crippen LogP contribution in [-0.2, 0) is 12.0 Å². The number of hydrogen-bond donors (Lipinski definition) is 2. The van der Waals surface area contributed by atoms with E-state index in [-0.39, 0.29) is 11.1 Å². The maximum Gasteiger partial charge on any atom is 0.263 e. The molecule has 0 aliphatic heterocycles. The van der Waals surface area contributed by atoms with Crippen molar-refractivity contribution in [1.29, 1.82) is 0 Å². The lowest BCUT2D eigenvalue weighted by atomic mass is 9.78. The molecule has 0 saturated heterocycles. The predicted molar refractivity (Wildman–Crippen MR) is 94.5 cm³/mol. The van der Waals surface area contributed by atoms with Crippen molar-refractivity contribution < 1.29 is 0 Å². The minimum atomic E-state index is -0.229. The average Bonchev–Trinajstić information content (AvgIpc) is 2.93. The first-order chi connectivity index (χ1) is 11.4. The molecule has 0 unspecified atom stereocenters. The van der Waals surface area contributed by atoms with Gasteiger partial charge in [0, 0.05) is 12.5 Å². The van der Waals surface area contributed by atoms with Gasteiger partial charge < -0.3 is 5.32 Å². The molecule has 24 heavy (non-hydrogen) atoms. The molecule has 2 N–H and O–H groups in total. The SMILES string of the molecule is CC(C)(C)n1ncc2c(=O)[nH]c(NC[C@@H]3Cc4ccccc43)nc21. The summed E-state index contributed by atoms with van der Waals surface area (Å²) in [7, 11) is 0. The molecule has 0 saturated carbocycles. The fourth-order valence-electron chi connectivity index (χ4n) is 3.26. The van der Waals surface area contributed by atoms with E-state index in [1.54, 1.807) is 10.9 Å². The van der Waals surface area contributed by atoms with E-state index in [2.05, 4.69) is 44.6 Å². The van der Waals surface area contributed by atoms with Crippen molar-refractivity contribution >= 4 is 17.0 Å². The molecule has 6 nitrogen and oxygen atoms in total. The summed E-state index contributed by atoms with van der Waals surface area (Å²) in [5, 5.41) is 8.13. The summed E-state index contributed by atoms with van der Waals surface area (Å²) in [5.74, 6) is 0.970. The second-order valence-electron chi connectivity index (χ2n) is 7.36. The lowest BCUT2D eigenvalue weighted by molar-refractivity contribution is 0.366. The van der Waals surface area contributed by atoms with Gasteiger partial charge in [-0.25, -0.2) is 4.68 Å². The zero-order chi connectivity index (χ0) is 16.9. The number of hydrogen-bond acceptors (Lipinski definition) is 4. The van der Waals surface area contributed by atoms with Gasteiger partial charge in [0.15, 0.2) is 5.65 Å². The summed E-state index contributed by atoms with van der Waals surface area (Å²) in [6.45, 7) is 6.89. The van der Waals surface area contributed by atoms with E-state index in [0.29, 0.717) is 22.9 Å². The van der Waals surface area contributed by atoms with Crippen LogP contribution in [0.3, 0.4) is 0 Å². The van der Waals surface area contributed by atoms with Gasteiger partial charge in [-0.15, -0.1) is 0 Å². The molecular weight excluding hydrogens is 302 g/mol. The quantitative estimate of drug-likeness (QED) is 0.777. The fourth-order valence-corrected chi connectivity index (χ4v) is 3.26. The Hall–Kier alpha value is -2.63. The standard InChI is InChI=1S/C18H21N5O/c1-18(2,3)23-15-14(10-20-23)16(24)22-17(21-15)19-9-12-8-11-6-4-5-7-13(11)12/h4-7,10,12H,8-9H2,1-3H3,(H2,19,21,22,24)/t12-/m0/s1. The maximum atomic E-state index is 12.3. The van der Waals surface area contributed by atoms with Gasteiger partial charge in [-0.2, -0.15) is 10.1 Å². The van der Waals surface area contributed by atoms with Gasteiger partial charge in [-0.05, 0) is 38.3 Å². The van der Waals surface area contributed by atoms with Crippen molar-refractivity contribution in [1.82, 2.24) is 19.7 Å². The summed E-state index contributed by atoms with van der Waals surface area (Å²) in [5.41, 5.74) is 3.02. The molecule has 1 atom stereocenters. The zero-order valence-electron chi connectivity index (χ0n) is 14.1. The van der Waals surface area contributed by atoms with Crippen LogP contribution in [0, 0.1) is 0 Å². The number of nitrogens with one attached hydrogen (secondary N) is 2. The summed E-state index contributed by atoms with van der Waals surface area (Å²) in [6.07, 6.45) is 2.65. The normalized spacial score (nSPS) is 16.7. The van der Waals surface area contributed by atoms with Crippen molar-refractivity contribution in [3.05, 3.63) is 51.9 Å². The molecular formula is C18H21N5O. The van der Waals surface area contributed by atoms with E-state index in [4.69, 9.17) is 0 Å². The molecule has 0 bridgehead atoms. The lowest BCUT2D eigenvalue weighted by Gasteiger charge is -2.30. The molecule has 0 fully saturated rings. The van der Waals surface area contributed by atoms with Gasteiger partial charge in [-0.3, -0.25) is 9.78 Å². The molecule has 124 valence electrons. The Bertz CT molecular complexity index is 963. The molecule has 4 rings (SSSR count). The van der Waals surface area contributed by atoms with Crippen LogP contribution in [0.4, 0.5) is 5.95 Å².